The van der Waals surface area contributed by atoms with E-state index in [0.717, 1.165) is 35.3 Å². The van der Waals surface area contributed by atoms with Gasteiger partial charge in [-0.25, -0.2) is 30.6 Å². The van der Waals surface area contributed by atoms with Crippen molar-refractivity contribution in [2.75, 3.05) is 44.2 Å². The lowest BCUT2D eigenvalue weighted by Crippen LogP contribution is -2.49. The lowest BCUT2D eigenvalue weighted by Gasteiger charge is -2.34. The number of hydrogen-bond acceptors (Lipinski definition) is 6. The van der Waals surface area contributed by atoms with Gasteiger partial charge >= 0.3 is 0 Å². The third-order valence-corrected chi connectivity index (χ3v) is 9.34. The Hall–Kier alpha value is -2.15. The molecule has 2 aliphatic heterocycles. The molecule has 0 aliphatic carbocycles. The van der Waals surface area contributed by atoms with Gasteiger partial charge in [0, 0.05) is 45.5 Å². The molecule has 0 radical (unpaired) electrons. The van der Waals surface area contributed by atoms with Gasteiger partial charge in [-0.15, -0.1) is 0 Å². The zero-order valence-electron chi connectivity index (χ0n) is 16.6. The predicted octanol–water partition coefficient (Wildman–Crippen LogP) is 1.66. The average molecular weight is 473 g/mol. The number of halogens is 2. The van der Waals surface area contributed by atoms with E-state index < -0.39 is 36.6 Å². The van der Waals surface area contributed by atoms with E-state index in [4.69, 9.17) is 0 Å². The van der Waals surface area contributed by atoms with Gasteiger partial charge in [0.1, 0.15) is 22.3 Å². The highest BCUT2D eigenvalue weighted by Crippen LogP contribution is 2.26. The summed E-state index contributed by atoms with van der Waals surface area (Å²) in [5.41, 5.74) is 0. The van der Waals surface area contributed by atoms with Crippen LogP contribution in [0.25, 0.3) is 0 Å². The van der Waals surface area contributed by atoms with Crippen LogP contribution in [0.1, 0.15) is 12.8 Å². The molecular weight excluding hydrogens is 450 g/mol. The number of pyridine rings is 1. The van der Waals surface area contributed by atoms with Crippen molar-refractivity contribution in [3.05, 3.63) is 48.2 Å². The van der Waals surface area contributed by atoms with Gasteiger partial charge in [0.25, 0.3) is 0 Å². The fraction of sp³-hybridized carbons (Fsp3) is 0.421. The summed E-state index contributed by atoms with van der Waals surface area (Å²) in [5, 5.41) is 0. The fourth-order valence-corrected chi connectivity index (χ4v) is 6.80. The number of piperazine rings is 1. The van der Waals surface area contributed by atoms with Crippen LogP contribution in [0.3, 0.4) is 0 Å². The van der Waals surface area contributed by atoms with Crippen molar-refractivity contribution in [2.45, 2.75) is 22.6 Å². The zero-order chi connectivity index (χ0) is 22.2. The van der Waals surface area contributed by atoms with Crippen molar-refractivity contribution < 1.29 is 25.6 Å². The Morgan fingerprint density at radius 3 is 1.87 bits per heavy atom. The highest BCUT2D eigenvalue weighted by Gasteiger charge is 2.33. The third-order valence-electron chi connectivity index (χ3n) is 5.50. The molecule has 31 heavy (non-hydrogen) atoms. The molecule has 1 aromatic heterocycles. The summed E-state index contributed by atoms with van der Waals surface area (Å²) < 4.78 is 81.0. The van der Waals surface area contributed by atoms with Gasteiger partial charge in [-0.2, -0.15) is 8.61 Å². The van der Waals surface area contributed by atoms with Crippen LogP contribution in [0, 0.1) is 11.6 Å². The second kappa shape index (κ2) is 8.41. The van der Waals surface area contributed by atoms with Crippen molar-refractivity contribution >= 4 is 25.9 Å². The third kappa shape index (κ3) is 4.16. The molecule has 2 aliphatic rings. The molecule has 0 bridgehead atoms. The topological polar surface area (TPSA) is 90.9 Å². The summed E-state index contributed by atoms with van der Waals surface area (Å²) in [6.45, 7) is 1.55. The summed E-state index contributed by atoms with van der Waals surface area (Å²) in [6.07, 6.45) is 2.99. The molecule has 0 N–H and O–H groups in total. The number of sulfonamides is 2. The summed E-state index contributed by atoms with van der Waals surface area (Å²) >= 11 is 0. The van der Waals surface area contributed by atoms with Crippen molar-refractivity contribution in [2.24, 2.45) is 0 Å². The molecule has 4 rings (SSSR count). The molecule has 2 fully saturated rings. The van der Waals surface area contributed by atoms with Crippen LogP contribution >= 0.6 is 0 Å². The minimum absolute atomic E-state index is 0.0195. The minimum Gasteiger partial charge on any atom is -0.354 e. The van der Waals surface area contributed by atoms with E-state index in [0.29, 0.717) is 18.9 Å². The van der Waals surface area contributed by atoms with Crippen LogP contribution in [0.2, 0.25) is 0 Å². The molecule has 2 saturated heterocycles. The smallest absolute Gasteiger partial charge is 0.249 e. The maximum Gasteiger partial charge on any atom is 0.249 e. The van der Waals surface area contributed by atoms with Crippen LogP contribution in [0.15, 0.2) is 46.3 Å². The number of rotatable bonds is 5. The molecule has 3 heterocycles. The number of benzene rings is 1. The quantitative estimate of drug-likeness (QED) is 0.657. The minimum atomic E-state index is -4.31. The number of anilines is 1. The van der Waals surface area contributed by atoms with Gasteiger partial charge < -0.3 is 4.90 Å². The van der Waals surface area contributed by atoms with Gasteiger partial charge in [0.05, 0.1) is 0 Å². The summed E-state index contributed by atoms with van der Waals surface area (Å²) in [5.74, 6) is -1.74. The Labute approximate surface area is 180 Å². The number of aromatic nitrogens is 1. The van der Waals surface area contributed by atoms with Crippen LogP contribution in [-0.4, -0.2) is 69.7 Å². The van der Waals surface area contributed by atoms with Crippen LogP contribution < -0.4 is 4.90 Å². The molecule has 0 saturated carbocycles. The number of hydrogen-bond donors (Lipinski definition) is 0. The molecule has 12 heteroatoms. The average Bonchev–Trinajstić information content (AvgIpc) is 3.30. The Kier molecular flexibility index (Phi) is 5.99. The maximum atomic E-state index is 14.0. The Balaban J connectivity index is 1.45. The highest BCUT2D eigenvalue weighted by atomic mass is 32.2. The molecule has 8 nitrogen and oxygen atoms in total. The molecule has 168 valence electrons. The van der Waals surface area contributed by atoms with E-state index in [1.165, 1.54) is 16.6 Å². The summed E-state index contributed by atoms with van der Waals surface area (Å²) in [4.78, 5) is 5.22. The Bertz CT molecular complexity index is 1140. The van der Waals surface area contributed by atoms with Crippen molar-refractivity contribution in [1.29, 1.82) is 0 Å². The molecule has 0 spiro atoms. The van der Waals surface area contributed by atoms with Gasteiger partial charge in [-0.1, -0.05) is 6.07 Å². The molecule has 0 amide bonds. The second-order valence-electron chi connectivity index (χ2n) is 7.41. The SMILES string of the molecule is O=S(=O)(c1ccc(N2CCN(S(=O)(=O)c3c(F)cccc3F)CC2)nc1)N1CCCC1. The van der Waals surface area contributed by atoms with Gasteiger partial charge in [-0.3, -0.25) is 0 Å². The first kappa shape index (κ1) is 22.1. The first-order valence-corrected chi connectivity index (χ1v) is 12.7. The van der Waals surface area contributed by atoms with Crippen molar-refractivity contribution in [3.8, 4) is 0 Å². The van der Waals surface area contributed by atoms with E-state index >= 15 is 0 Å². The van der Waals surface area contributed by atoms with Crippen molar-refractivity contribution in [3.63, 3.8) is 0 Å². The van der Waals surface area contributed by atoms with Gasteiger partial charge in [0.15, 0.2) is 4.90 Å². The first-order valence-electron chi connectivity index (χ1n) is 9.86. The van der Waals surface area contributed by atoms with Crippen LogP contribution in [0.5, 0.6) is 0 Å². The normalized spacial score (nSPS) is 19.1. The second-order valence-corrected chi connectivity index (χ2v) is 11.2. The molecular formula is C19H22F2N4O4S2. The standard InChI is InChI=1S/C19H22F2N4O4S2/c20-16-4-3-5-17(21)19(16)31(28,29)25-12-10-23(11-13-25)18-7-6-15(14-22-18)30(26,27)24-8-1-2-9-24/h3-7,14H,1-2,8-13H2. The van der Waals surface area contributed by atoms with Crippen LogP contribution in [0.4, 0.5) is 14.6 Å². The van der Waals surface area contributed by atoms with E-state index in [2.05, 4.69) is 4.98 Å². The van der Waals surface area contributed by atoms with E-state index in [-0.39, 0.29) is 31.1 Å². The van der Waals surface area contributed by atoms with Gasteiger partial charge in [-0.05, 0) is 37.1 Å². The predicted molar refractivity (Wildman–Crippen MR) is 110 cm³/mol. The highest BCUT2D eigenvalue weighted by molar-refractivity contribution is 7.89. The Morgan fingerprint density at radius 2 is 1.32 bits per heavy atom. The van der Waals surface area contributed by atoms with Crippen molar-refractivity contribution in [1.82, 2.24) is 13.6 Å². The molecule has 2 aromatic rings. The van der Waals surface area contributed by atoms with E-state index in [1.54, 1.807) is 11.0 Å². The van der Waals surface area contributed by atoms with E-state index in [9.17, 15) is 25.6 Å². The molecule has 0 atom stereocenters. The summed E-state index contributed by atoms with van der Waals surface area (Å²) in [7, 11) is -7.87. The van der Waals surface area contributed by atoms with E-state index in [1.807, 2.05) is 0 Å². The monoisotopic (exact) mass is 472 g/mol. The number of nitrogens with zero attached hydrogens (tertiary/aromatic N) is 4. The molecule has 1 aromatic carbocycles. The first-order chi connectivity index (χ1) is 14.7. The maximum absolute atomic E-state index is 14.0. The Morgan fingerprint density at radius 1 is 0.742 bits per heavy atom. The summed E-state index contributed by atoms with van der Waals surface area (Å²) in [6, 6.07) is 6.01. The lowest BCUT2D eigenvalue weighted by atomic mass is 10.3. The largest absolute Gasteiger partial charge is 0.354 e. The zero-order valence-corrected chi connectivity index (χ0v) is 18.2. The van der Waals surface area contributed by atoms with Gasteiger partial charge in [0.2, 0.25) is 20.0 Å². The molecule has 0 unspecified atom stereocenters. The van der Waals surface area contributed by atoms with Crippen LogP contribution in [-0.2, 0) is 20.0 Å². The fourth-order valence-electron chi connectivity index (χ4n) is 3.81. The lowest BCUT2D eigenvalue weighted by molar-refractivity contribution is 0.377.